The third kappa shape index (κ3) is 4.25. The fourth-order valence-corrected chi connectivity index (χ4v) is 2.65. The standard InChI is InChI=1S/C13H22O3/c1-5-6-15-12(14)16-11-7-10(2)8-13(3,4)9-11/h5,10-11H,1,6-9H2,2-4H3/t10-,11+/m0/s1. The molecule has 0 aromatic heterocycles. The Balaban J connectivity index is 2.41. The molecule has 2 atom stereocenters. The Morgan fingerprint density at radius 3 is 2.75 bits per heavy atom. The van der Waals surface area contributed by atoms with E-state index in [4.69, 9.17) is 9.47 Å². The molecule has 0 saturated heterocycles. The van der Waals surface area contributed by atoms with Gasteiger partial charge in [0.15, 0.2) is 0 Å². The molecule has 1 aliphatic carbocycles. The van der Waals surface area contributed by atoms with E-state index in [1.165, 1.54) is 12.5 Å². The van der Waals surface area contributed by atoms with Gasteiger partial charge in [0.1, 0.15) is 12.7 Å². The molecule has 0 heterocycles. The van der Waals surface area contributed by atoms with Crippen molar-refractivity contribution in [1.29, 1.82) is 0 Å². The van der Waals surface area contributed by atoms with Crippen LogP contribution in [0.4, 0.5) is 4.79 Å². The fourth-order valence-electron chi connectivity index (χ4n) is 2.65. The zero-order valence-electron chi connectivity index (χ0n) is 10.5. The minimum Gasteiger partial charge on any atom is -0.431 e. The van der Waals surface area contributed by atoms with E-state index in [1.54, 1.807) is 0 Å². The van der Waals surface area contributed by atoms with E-state index in [1.807, 2.05) is 0 Å². The Morgan fingerprint density at radius 2 is 2.19 bits per heavy atom. The van der Waals surface area contributed by atoms with Gasteiger partial charge in [-0.25, -0.2) is 4.79 Å². The van der Waals surface area contributed by atoms with Gasteiger partial charge in [-0.1, -0.05) is 33.4 Å². The lowest BCUT2D eigenvalue weighted by Gasteiger charge is -2.38. The maximum Gasteiger partial charge on any atom is 0.508 e. The van der Waals surface area contributed by atoms with Crippen molar-refractivity contribution in [2.45, 2.75) is 46.1 Å². The molecule has 0 N–H and O–H groups in total. The van der Waals surface area contributed by atoms with Crippen LogP contribution in [0.3, 0.4) is 0 Å². The van der Waals surface area contributed by atoms with Crippen LogP contribution < -0.4 is 0 Å². The van der Waals surface area contributed by atoms with E-state index in [0.717, 1.165) is 12.8 Å². The highest BCUT2D eigenvalue weighted by Gasteiger charge is 2.34. The predicted octanol–water partition coefficient (Wildman–Crippen LogP) is 3.54. The SMILES string of the molecule is C=CCOC(=O)O[C@@H]1C[C@H](C)CC(C)(C)C1. The normalized spacial score (nSPS) is 28.2. The van der Waals surface area contributed by atoms with E-state index in [9.17, 15) is 4.79 Å². The lowest BCUT2D eigenvalue weighted by Crippen LogP contribution is -2.34. The summed E-state index contributed by atoms with van der Waals surface area (Å²) in [6.45, 7) is 10.3. The van der Waals surface area contributed by atoms with E-state index in [0.29, 0.717) is 5.92 Å². The Labute approximate surface area is 97.8 Å². The second-order valence-corrected chi connectivity index (χ2v) is 5.50. The van der Waals surface area contributed by atoms with E-state index in [2.05, 4.69) is 27.4 Å². The molecule has 1 fully saturated rings. The van der Waals surface area contributed by atoms with Crippen molar-refractivity contribution in [2.75, 3.05) is 6.61 Å². The molecule has 1 rings (SSSR count). The molecule has 1 aliphatic rings. The zero-order valence-corrected chi connectivity index (χ0v) is 10.5. The molecular formula is C13H22O3. The second kappa shape index (κ2) is 5.37. The quantitative estimate of drug-likeness (QED) is 0.545. The summed E-state index contributed by atoms with van der Waals surface area (Å²) in [6.07, 6.45) is 4.00. The maximum absolute atomic E-state index is 11.3. The number of ether oxygens (including phenoxy) is 2. The number of carbonyl (C=O) groups excluding carboxylic acids is 1. The molecule has 92 valence electrons. The van der Waals surface area contributed by atoms with Gasteiger partial charge in [0.2, 0.25) is 0 Å². The Hall–Kier alpha value is -0.990. The average molecular weight is 226 g/mol. The van der Waals surface area contributed by atoms with Gasteiger partial charge >= 0.3 is 6.16 Å². The Kier molecular flexibility index (Phi) is 4.39. The van der Waals surface area contributed by atoms with Gasteiger partial charge in [0, 0.05) is 0 Å². The van der Waals surface area contributed by atoms with Gasteiger partial charge in [-0.05, 0) is 30.6 Å². The number of hydrogen-bond donors (Lipinski definition) is 0. The molecule has 0 aromatic rings. The molecule has 3 heteroatoms. The third-order valence-corrected chi connectivity index (χ3v) is 2.93. The number of rotatable bonds is 3. The van der Waals surface area contributed by atoms with Crippen LogP contribution in [0.1, 0.15) is 40.0 Å². The van der Waals surface area contributed by atoms with Crippen LogP contribution in [0, 0.1) is 11.3 Å². The molecule has 0 aromatic carbocycles. The van der Waals surface area contributed by atoms with Crippen LogP contribution >= 0.6 is 0 Å². The molecule has 0 bridgehead atoms. The first-order chi connectivity index (χ1) is 7.43. The summed E-state index contributed by atoms with van der Waals surface area (Å²) in [4.78, 5) is 11.3. The highest BCUT2D eigenvalue weighted by Crippen LogP contribution is 2.39. The van der Waals surface area contributed by atoms with Crippen LogP contribution in [0.15, 0.2) is 12.7 Å². The van der Waals surface area contributed by atoms with E-state index < -0.39 is 6.16 Å². The molecule has 1 saturated carbocycles. The van der Waals surface area contributed by atoms with Crippen LogP contribution in [0.25, 0.3) is 0 Å². The maximum atomic E-state index is 11.3. The molecule has 3 nitrogen and oxygen atoms in total. The van der Waals surface area contributed by atoms with Gasteiger partial charge in [0.25, 0.3) is 0 Å². The predicted molar refractivity (Wildman–Crippen MR) is 63.2 cm³/mol. The molecule has 0 amide bonds. The van der Waals surface area contributed by atoms with Crippen molar-refractivity contribution in [1.82, 2.24) is 0 Å². The highest BCUT2D eigenvalue weighted by molar-refractivity contribution is 5.60. The first-order valence-electron chi connectivity index (χ1n) is 5.87. The van der Waals surface area contributed by atoms with Crippen LogP contribution in [0.2, 0.25) is 0 Å². The summed E-state index contributed by atoms with van der Waals surface area (Å²) < 4.78 is 10.1. The van der Waals surface area contributed by atoms with Crippen molar-refractivity contribution in [2.24, 2.45) is 11.3 Å². The van der Waals surface area contributed by atoms with Gasteiger partial charge in [-0.2, -0.15) is 0 Å². The smallest absolute Gasteiger partial charge is 0.431 e. The van der Waals surface area contributed by atoms with Gasteiger partial charge in [-0.15, -0.1) is 0 Å². The summed E-state index contributed by atoms with van der Waals surface area (Å²) >= 11 is 0. The number of hydrogen-bond acceptors (Lipinski definition) is 3. The van der Waals surface area contributed by atoms with Crippen molar-refractivity contribution in [3.05, 3.63) is 12.7 Å². The van der Waals surface area contributed by atoms with Crippen molar-refractivity contribution in [3.8, 4) is 0 Å². The minimum atomic E-state index is -0.574. The summed E-state index contributed by atoms with van der Waals surface area (Å²) in [6, 6.07) is 0. The summed E-state index contributed by atoms with van der Waals surface area (Å²) in [7, 11) is 0. The minimum absolute atomic E-state index is 0.00364. The van der Waals surface area contributed by atoms with Crippen LogP contribution in [-0.4, -0.2) is 18.9 Å². The van der Waals surface area contributed by atoms with Crippen molar-refractivity contribution in [3.63, 3.8) is 0 Å². The largest absolute Gasteiger partial charge is 0.508 e. The summed E-state index contributed by atoms with van der Waals surface area (Å²) in [5, 5.41) is 0. The topological polar surface area (TPSA) is 35.5 Å². The molecule has 16 heavy (non-hydrogen) atoms. The van der Waals surface area contributed by atoms with Crippen molar-refractivity contribution < 1.29 is 14.3 Å². The van der Waals surface area contributed by atoms with Crippen molar-refractivity contribution >= 4 is 6.16 Å². The first-order valence-corrected chi connectivity index (χ1v) is 5.87. The monoisotopic (exact) mass is 226 g/mol. The van der Waals surface area contributed by atoms with Gasteiger partial charge in [0.05, 0.1) is 0 Å². The third-order valence-electron chi connectivity index (χ3n) is 2.93. The zero-order chi connectivity index (χ0) is 12.2. The first kappa shape index (κ1) is 13.1. The molecule has 0 aliphatic heterocycles. The average Bonchev–Trinajstić information content (AvgIpc) is 2.11. The molecule has 0 radical (unpaired) electrons. The molecule has 0 spiro atoms. The summed E-state index contributed by atoms with van der Waals surface area (Å²) in [5.74, 6) is 0.598. The fraction of sp³-hybridized carbons (Fsp3) is 0.769. The molecule has 0 unspecified atom stereocenters. The second-order valence-electron chi connectivity index (χ2n) is 5.50. The lowest BCUT2D eigenvalue weighted by atomic mass is 9.71. The van der Waals surface area contributed by atoms with E-state index >= 15 is 0 Å². The van der Waals surface area contributed by atoms with E-state index in [-0.39, 0.29) is 18.1 Å². The Bertz CT molecular complexity index is 258. The van der Waals surface area contributed by atoms with Crippen LogP contribution in [-0.2, 0) is 9.47 Å². The highest BCUT2D eigenvalue weighted by atomic mass is 16.7. The lowest BCUT2D eigenvalue weighted by molar-refractivity contribution is -0.0169. The van der Waals surface area contributed by atoms with Crippen LogP contribution in [0.5, 0.6) is 0 Å². The molecular weight excluding hydrogens is 204 g/mol. The summed E-state index contributed by atoms with van der Waals surface area (Å²) in [5.41, 5.74) is 0.251. The van der Waals surface area contributed by atoms with Gasteiger partial charge < -0.3 is 9.47 Å². The Morgan fingerprint density at radius 1 is 1.50 bits per heavy atom. The number of carbonyl (C=O) groups is 1. The van der Waals surface area contributed by atoms with Gasteiger partial charge in [-0.3, -0.25) is 0 Å².